The van der Waals surface area contributed by atoms with Gasteiger partial charge < -0.3 is 5.11 Å². The van der Waals surface area contributed by atoms with Crippen LogP contribution in [0.3, 0.4) is 0 Å². The molecule has 2 heterocycles. The van der Waals surface area contributed by atoms with E-state index in [-0.39, 0.29) is 0 Å². The molecule has 3 aromatic rings. The van der Waals surface area contributed by atoms with Crippen molar-refractivity contribution in [2.75, 3.05) is 0 Å². The molecule has 4 rings (SSSR count). The normalized spacial score (nSPS) is 15.1. The number of aliphatic hydroxyl groups excluding tert-OH is 1. The smallest absolute Gasteiger partial charge is 0.130 e. The quantitative estimate of drug-likeness (QED) is 0.519. The number of halogens is 2. The molecule has 0 bridgehead atoms. The molecule has 0 radical (unpaired) electrons. The maximum absolute atomic E-state index is 10.3. The van der Waals surface area contributed by atoms with Gasteiger partial charge in [-0.2, -0.15) is 10.2 Å². The molecule has 5 nitrogen and oxygen atoms in total. The molecular weight excluding hydrogens is 452 g/mol. The fourth-order valence-corrected chi connectivity index (χ4v) is 4.64. The van der Waals surface area contributed by atoms with Crippen LogP contribution in [0, 0.1) is 19.8 Å². The fourth-order valence-electron chi connectivity index (χ4n) is 3.80. The summed E-state index contributed by atoms with van der Waals surface area (Å²) in [6, 6.07) is 6.08. The van der Waals surface area contributed by atoms with E-state index in [1.54, 1.807) is 11.6 Å². The average molecular weight is 478 g/mol. The second-order valence-electron chi connectivity index (χ2n) is 8.17. The maximum atomic E-state index is 10.3. The number of aliphatic hydroxyl groups is 1. The standard InChI is InChI=1S/C22H26BrClN4O/c1-12-5-8-16(18(9-12)14(3)29)20-19(22(24)27(4)26-20)10-17-13(2)25-28(21(17)23)11-15-6-7-15/h5,8-9,14-15,29H,6-7,10-11H2,1-4H3/t14-/m1/s1. The molecule has 0 saturated heterocycles. The van der Waals surface area contributed by atoms with Crippen LogP contribution >= 0.6 is 27.5 Å². The molecule has 2 aromatic heterocycles. The van der Waals surface area contributed by atoms with Gasteiger partial charge in [-0.1, -0.05) is 35.4 Å². The maximum Gasteiger partial charge on any atom is 0.130 e. The first-order chi connectivity index (χ1) is 13.8. The van der Waals surface area contributed by atoms with Crippen LogP contribution in [0.1, 0.15) is 53.8 Å². The Labute approximate surface area is 184 Å². The average Bonchev–Trinajstić information content (AvgIpc) is 3.39. The van der Waals surface area contributed by atoms with Crippen LogP contribution in [0.2, 0.25) is 5.15 Å². The molecule has 0 unspecified atom stereocenters. The Morgan fingerprint density at radius 3 is 2.62 bits per heavy atom. The topological polar surface area (TPSA) is 55.9 Å². The summed E-state index contributed by atoms with van der Waals surface area (Å²) in [5.41, 5.74) is 6.79. The predicted octanol–water partition coefficient (Wildman–Crippen LogP) is 5.37. The van der Waals surface area contributed by atoms with Crippen molar-refractivity contribution in [3.8, 4) is 11.3 Å². The lowest BCUT2D eigenvalue weighted by Crippen LogP contribution is -2.02. The van der Waals surface area contributed by atoms with E-state index >= 15 is 0 Å². The summed E-state index contributed by atoms with van der Waals surface area (Å²) < 4.78 is 4.79. The number of aryl methyl sites for hydroxylation is 3. The monoisotopic (exact) mass is 476 g/mol. The van der Waals surface area contributed by atoms with Gasteiger partial charge in [-0.15, -0.1) is 0 Å². The first kappa shape index (κ1) is 20.6. The molecule has 1 aromatic carbocycles. The number of nitrogens with zero attached hydrogens (tertiary/aromatic N) is 4. The highest BCUT2D eigenvalue weighted by molar-refractivity contribution is 9.10. The van der Waals surface area contributed by atoms with Crippen molar-refractivity contribution in [1.82, 2.24) is 19.6 Å². The molecule has 1 N–H and O–H groups in total. The van der Waals surface area contributed by atoms with Gasteiger partial charge in [-0.3, -0.25) is 9.36 Å². The minimum atomic E-state index is -0.590. The second-order valence-corrected chi connectivity index (χ2v) is 9.27. The number of rotatable bonds is 6. The molecule has 1 aliphatic rings. The van der Waals surface area contributed by atoms with Crippen molar-refractivity contribution in [2.24, 2.45) is 13.0 Å². The Bertz CT molecular complexity index is 1070. The molecule has 1 atom stereocenters. The Morgan fingerprint density at radius 1 is 1.24 bits per heavy atom. The molecule has 1 saturated carbocycles. The van der Waals surface area contributed by atoms with Gasteiger partial charge in [0, 0.05) is 36.7 Å². The van der Waals surface area contributed by atoms with E-state index < -0.39 is 6.10 Å². The number of hydrogen-bond acceptors (Lipinski definition) is 3. The number of benzene rings is 1. The van der Waals surface area contributed by atoms with Gasteiger partial charge in [0.2, 0.25) is 0 Å². The minimum absolute atomic E-state index is 0.590. The highest BCUT2D eigenvalue weighted by Crippen LogP contribution is 2.37. The first-order valence-corrected chi connectivity index (χ1v) is 11.2. The van der Waals surface area contributed by atoms with Crippen LogP contribution in [0.25, 0.3) is 11.3 Å². The zero-order valence-electron chi connectivity index (χ0n) is 17.2. The molecule has 0 spiro atoms. The summed E-state index contributed by atoms with van der Waals surface area (Å²) in [4.78, 5) is 0. The summed E-state index contributed by atoms with van der Waals surface area (Å²) in [6.45, 7) is 6.81. The summed E-state index contributed by atoms with van der Waals surface area (Å²) >= 11 is 10.4. The van der Waals surface area contributed by atoms with Crippen molar-refractivity contribution in [3.63, 3.8) is 0 Å². The van der Waals surface area contributed by atoms with E-state index in [9.17, 15) is 5.11 Å². The Hall–Kier alpha value is -1.63. The second kappa shape index (κ2) is 7.89. The van der Waals surface area contributed by atoms with Gasteiger partial charge in [-0.25, -0.2) is 0 Å². The van der Waals surface area contributed by atoms with Gasteiger partial charge in [0.25, 0.3) is 0 Å². The van der Waals surface area contributed by atoms with E-state index in [4.69, 9.17) is 21.8 Å². The Balaban J connectivity index is 1.78. The molecule has 29 heavy (non-hydrogen) atoms. The van der Waals surface area contributed by atoms with E-state index in [0.29, 0.717) is 11.6 Å². The zero-order chi connectivity index (χ0) is 20.9. The lowest BCUT2D eigenvalue weighted by atomic mass is 9.94. The highest BCUT2D eigenvalue weighted by Gasteiger charge is 2.26. The molecular formula is C22H26BrClN4O. The number of hydrogen-bond donors (Lipinski definition) is 1. The van der Waals surface area contributed by atoms with Crippen LogP contribution in [0.5, 0.6) is 0 Å². The van der Waals surface area contributed by atoms with Crippen molar-refractivity contribution < 1.29 is 5.11 Å². The summed E-state index contributed by atoms with van der Waals surface area (Å²) in [6.07, 6.45) is 2.61. The summed E-state index contributed by atoms with van der Waals surface area (Å²) in [5, 5.41) is 20.4. The van der Waals surface area contributed by atoms with E-state index in [1.807, 2.05) is 39.1 Å². The van der Waals surface area contributed by atoms with Crippen LogP contribution < -0.4 is 0 Å². The molecule has 154 valence electrons. The largest absolute Gasteiger partial charge is 0.389 e. The van der Waals surface area contributed by atoms with Crippen LogP contribution in [0.15, 0.2) is 22.8 Å². The molecule has 1 fully saturated rings. The zero-order valence-corrected chi connectivity index (χ0v) is 19.5. The first-order valence-electron chi connectivity index (χ1n) is 9.98. The van der Waals surface area contributed by atoms with E-state index in [1.165, 1.54) is 12.8 Å². The van der Waals surface area contributed by atoms with Gasteiger partial charge >= 0.3 is 0 Å². The van der Waals surface area contributed by atoms with Crippen molar-refractivity contribution in [2.45, 2.75) is 52.7 Å². The van der Waals surface area contributed by atoms with Gasteiger partial charge in [0.05, 0.1) is 17.5 Å². The predicted molar refractivity (Wildman–Crippen MR) is 119 cm³/mol. The van der Waals surface area contributed by atoms with Crippen molar-refractivity contribution in [1.29, 1.82) is 0 Å². The third-order valence-electron chi connectivity index (χ3n) is 5.65. The molecule has 1 aliphatic carbocycles. The third-order valence-corrected chi connectivity index (χ3v) is 7.01. The third kappa shape index (κ3) is 4.03. The molecule has 7 heteroatoms. The Kier molecular flexibility index (Phi) is 5.62. The lowest BCUT2D eigenvalue weighted by Gasteiger charge is -2.13. The van der Waals surface area contributed by atoms with Gasteiger partial charge in [0.1, 0.15) is 9.76 Å². The molecule has 0 amide bonds. The molecule has 0 aliphatic heterocycles. The van der Waals surface area contributed by atoms with E-state index in [0.717, 1.165) is 56.3 Å². The summed E-state index contributed by atoms with van der Waals surface area (Å²) in [7, 11) is 1.85. The van der Waals surface area contributed by atoms with Crippen LogP contribution in [-0.4, -0.2) is 24.7 Å². The van der Waals surface area contributed by atoms with Crippen LogP contribution in [0.4, 0.5) is 0 Å². The fraction of sp³-hybridized carbons (Fsp3) is 0.455. The Morgan fingerprint density at radius 2 is 1.97 bits per heavy atom. The van der Waals surface area contributed by atoms with Crippen molar-refractivity contribution in [3.05, 3.63) is 55.9 Å². The highest BCUT2D eigenvalue weighted by atomic mass is 79.9. The van der Waals surface area contributed by atoms with Gasteiger partial charge in [-0.05, 0) is 61.0 Å². The summed E-state index contributed by atoms with van der Waals surface area (Å²) in [5.74, 6) is 0.747. The van der Waals surface area contributed by atoms with Crippen molar-refractivity contribution >= 4 is 27.5 Å². The minimum Gasteiger partial charge on any atom is -0.389 e. The SMILES string of the molecule is Cc1ccc(-c2nn(C)c(Cl)c2Cc2c(C)nn(CC3CC3)c2Br)c([C@@H](C)O)c1. The van der Waals surface area contributed by atoms with Gasteiger partial charge in [0.15, 0.2) is 0 Å². The van der Waals surface area contributed by atoms with Crippen LogP contribution in [-0.2, 0) is 20.0 Å². The number of aromatic nitrogens is 4. The van der Waals surface area contributed by atoms with E-state index in [2.05, 4.69) is 20.6 Å². The lowest BCUT2D eigenvalue weighted by molar-refractivity contribution is 0.200.